The van der Waals surface area contributed by atoms with Crippen LogP contribution in [0.2, 0.25) is 0 Å². The predicted octanol–water partition coefficient (Wildman–Crippen LogP) is 1.40. The van der Waals surface area contributed by atoms with Crippen LogP contribution in [0.25, 0.3) is 0 Å². The Labute approximate surface area is 132 Å². The maximum atomic E-state index is 11.8. The summed E-state index contributed by atoms with van der Waals surface area (Å²) in [6, 6.07) is 8.28. The average Bonchev–Trinajstić information content (AvgIpc) is 2.47. The van der Waals surface area contributed by atoms with Crippen LogP contribution in [0.1, 0.15) is 37.9 Å². The minimum Gasteiger partial charge on any atom is -0.358 e. The van der Waals surface area contributed by atoms with Gasteiger partial charge in [0.1, 0.15) is 0 Å². The van der Waals surface area contributed by atoms with Crippen molar-refractivity contribution >= 4 is 11.8 Å². The number of rotatable bonds is 8. The van der Waals surface area contributed by atoms with Gasteiger partial charge in [-0.05, 0) is 30.4 Å². The molecular formula is C17H27N3O2. The summed E-state index contributed by atoms with van der Waals surface area (Å²) in [5, 5.41) is 8.21. The van der Waals surface area contributed by atoms with Gasteiger partial charge in [-0.25, -0.2) is 0 Å². The fourth-order valence-corrected chi connectivity index (χ4v) is 2.17. The lowest BCUT2D eigenvalue weighted by atomic mass is 10.00. The molecule has 0 unspecified atom stereocenters. The summed E-state index contributed by atoms with van der Waals surface area (Å²) in [6.45, 7) is 6.62. The van der Waals surface area contributed by atoms with Crippen molar-refractivity contribution < 1.29 is 9.59 Å². The molecule has 1 aromatic carbocycles. The molecule has 0 radical (unpaired) electrons. The van der Waals surface area contributed by atoms with E-state index in [4.69, 9.17) is 0 Å². The Balaban J connectivity index is 2.42. The van der Waals surface area contributed by atoms with Crippen molar-refractivity contribution in [3.05, 3.63) is 35.4 Å². The lowest BCUT2D eigenvalue weighted by Crippen LogP contribution is -2.39. The van der Waals surface area contributed by atoms with Gasteiger partial charge in [0.25, 0.3) is 0 Å². The van der Waals surface area contributed by atoms with Crippen LogP contribution in [0, 0.1) is 5.92 Å². The normalized spacial score (nSPS) is 12.0. The lowest BCUT2D eigenvalue weighted by molar-refractivity contribution is -0.121. The van der Waals surface area contributed by atoms with Crippen LogP contribution in [-0.2, 0) is 16.0 Å². The molecule has 0 heterocycles. The molecule has 0 saturated carbocycles. The Morgan fingerprint density at radius 3 is 2.14 bits per heavy atom. The Kier molecular flexibility index (Phi) is 7.60. The quantitative estimate of drug-likeness (QED) is 0.680. The molecule has 0 bridgehead atoms. The summed E-state index contributed by atoms with van der Waals surface area (Å²) in [5.41, 5.74) is 2.39. The summed E-state index contributed by atoms with van der Waals surface area (Å²) >= 11 is 0. The molecule has 5 heteroatoms. The Morgan fingerprint density at radius 2 is 1.59 bits per heavy atom. The van der Waals surface area contributed by atoms with E-state index in [-0.39, 0.29) is 30.9 Å². The first-order valence-electron chi connectivity index (χ1n) is 7.72. The van der Waals surface area contributed by atoms with E-state index >= 15 is 0 Å². The third kappa shape index (κ3) is 6.72. The highest BCUT2D eigenvalue weighted by molar-refractivity contribution is 5.81. The van der Waals surface area contributed by atoms with Gasteiger partial charge in [0.05, 0.1) is 19.1 Å². The fraction of sp³-hybridized carbons (Fsp3) is 0.529. The van der Waals surface area contributed by atoms with E-state index < -0.39 is 0 Å². The zero-order chi connectivity index (χ0) is 16.5. The van der Waals surface area contributed by atoms with Crippen molar-refractivity contribution in [2.75, 3.05) is 20.1 Å². The molecular weight excluding hydrogens is 278 g/mol. The van der Waals surface area contributed by atoms with Crippen molar-refractivity contribution in [2.45, 2.75) is 33.2 Å². The molecule has 0 fully saturated rings. The Bertz CT molecular complexity index is 483. The van der Waals surface area contributed by atoms with E-state index in [2.05, 4.69) is 54.1 Å². The second kappa shape index (κ2) is 9.20. The van der Waals surface area contributed by atoms with Gasteiger partial charge in [0, 0.05) is 7.05 Å². The first kappa shape index (κ1) is 18.2. The average molecular weight is 305 g/mol. The SMILES string of the molecule is CNC(=O)CNCC(=O)N[C@@H](C)c1ccc(CC(C)C)cc1. The van der Waals surface area contributed by atoms with Gasteiger partial charge >= 0.3 is 0 Å². The van der Waals surface area contributed by atoms with Gasteiger partial charge in [-0.2, -0.15) is 0 Å². The van der Waals surface area contributed by atoms with Crippen LogP contribution in [0.3, 0.4) is 0 Å². The monoisotopic (exact) mass is 305 g/mol. The molecule has 1 atom stereocenters. The van der Waals surface area contributed by atoms with Crippen molar-refractivity contribution in [1.29, 1.82) is 0 Å². The maximum Gasteiger partial charge on any atom is 0.234 e. The number of benzene rings is 1. The third-order valence-corrected chi connectivity index (χ3v) is 3.35. The standard InChI is InChI=1S/C17H27N3O2/c1-12(2)9-14-5-7-15(8-6-14)13(3)20-17(22)11-19-10-16(21)18-4/h5-8,12-13,19H,9-11H2,1-4H3,(H,18,21)(H,20,22)/t13-/m0/s1. The molecule has 3 N–H and O–H groups in total. The first-order chi connectivity index (χ1) is 10.4. The predicted molar refractivity (Wildman–Crippen MR) is 88.5 cm³/mol. The Hall–Kier alpha value is -1.88. The number of carbonyl (C=O) groups is 2. The molecule has 1 rings (SSSR count). The summed E-state index contributed by atoms with van der Waals surface area (Å²) in [7, 11) is 1.56. The number of amides is 2. The number of hydrogen-bond acceptors (Lipinski definition) is 3. The number of nitrogens with one attached hydrogen (secondary N) is 3. The van der Waals surface area contributed by atoms with Gasteiger partial charge in [0.2, 0.25) is 11.8 Å². The van der Waals surface area contributed by atoms with Crippen LogP contribution in [-0.4, -0.2) is 32.0 Å². The van der Waals surface area contributed by atoms with E-state index in [0.717, 1.165) is 12.0 Å². The van der Waals surface area contributed by atoms with Crippen LogP contribution in [0.5, 0.6) is 0 Å². The van der Waals surface area contributed by atoms with E-state index in [1.54, 1.807) is 7.05 Å². The second-order valence-corrected chi connectivity index (χ2v) is 5.91. The summed E-state index contributed by atoms with van der Waals surface area (Å²) in [5.74, 6) is 0.374. The van der Waals surface area contributed by atoms with Crippen LogP contribution < -0.4 is 16.0 Å². The van der Waals surface area contributed by atoms with Gasteiger partial charge in [0.15, 0.2) is 0 Å². The molecule has 0 aromatic heterocycles. The molecule has 0 aliphatic heterocycles. The summed E-state index contributed by atoms with van der Waals surface area (Å²) < 4.78 is 0. The lowest BCUT2D eigenvalue weighted by Gasteiger charge is -2.15. The molecule has 122 valence electrons. The fourth-order valence-electron chi connectivity index (χ4n) is 2.17. The highest BCUT2D eigenvalue weighted by atomic mass is 16.2. The van der Waals surface area contributed by atoms with Gasteiger partial charge in [-0.3, -0.25) is 14.9 Å². The molecule has 0 saturated heterocycles. The number of likely N-dealkylation sites (N-methyl/N-ethyl adjacent to an activating group) is 1. The van der Waals surface area contributed by atoms with E-state index in [0.29, 0.717) is 5.92 Å². The molecule has 0 aliphatic carbocycles. The van der Waals surface area contributed by atoms with Gasteiger partial charge in [-0.15, -0.1) is 0 Å². The Morgan fingerprint density at radius 1 is 1.00 bits per heavy atom. The molecule has 0 aliphatic rings. The molecule has 5 nitrogen and oxygen atoms in total. The second-order valence-electron chi connectivity index (χ2n) is 5.91. The van der Waals surface area contributed by atoms with E-state index in [1.807, 2.05) is 6.92 Å². The minimum atomic E-state index is -0.137. The third-order valence-electron chi connectivity index (χ3n) is 3.35. The zero-order valence-electron chi connectivity index (χ0n) is 13.9. The largest absolute Gasteiger partial charge is 0.358 e. The van der Waals surface area contributed by atoms with E-state index in [9.17, 15) is 9.59 Å². The highest BCUT2D eigenvalue weighted by Crippen LogP contribution is 2.15. The summed E-state index contributed by atoms with van der Waals surface area (Å²) in [4.78, 5) is 22.8. The number of hydrogen-bond donors (Lipinski definition) is 3. The zero-order valence-corrected chi connectivity index (χ0v) is 13.9. The first-order valence-corrected chi connectivity index (χ1v) is 7.72. The molecule has 1 aromatic rings. The van der Waals surface area contributed by atoms with Crippen molar-refractivity contribution in [3.63, 3.8) is 0 Å². The topological polar surface area (TPSA) is 70.2 Å². The molecule has 2 amide bonds. The van der Waals surface area contributed by atoms with E-state index in [1.165, 1.54) is 5.56 Å². The smallest absolute Gasteiger partial charge is 0.234 e. The van der Waals surface area contributed by atoms with Crippen LogP contribution >= 0.6 is 0 Å². The van der Waals surface area contributed by atoms with Crippen molar-refractivity contribution in [3.8, 4) is 0 Å². The minimum absolute atomic E-state index is 0.0533. The van der Waals surface area contributed by atoms with Gasteiger partial charge in [-0.1, -0.05) is 38.1 Å². The molecule has 0 spiro atoms. The van der Waals surface area contributed by atoms with Gasteiger partial charge < -0.3 is 10.6 Å². The number of carbonyl (C=O) groups excluding carboxylic acids is 2. The van der Waals surface area contributed by atoms with Crippen LogP contribution in [0.4, 0.5) is 0 Å². The molecule has 22 heavy (non-hydrogen) atoms. The summed E-state index contributed by atoms with van der Waals surface area (Å²) in [6.07, 6.45) is 1.06. The van der Waals surface area contributed by atoms with Crippen molar-refractivity contribution in [1.82, 2.24) is 16.0 Å². The highest BCUT2D eigenvalue weighted by Gasteiger charge is 2.10. The van der Waals surface area contributed by atoms with Crippen molar-refractivity contribution in [2.24, 2.45) is 5.92 Å². The van der Waals surface area contributed by atoms with Crippen LogP contribution in [0.15, 0.2) is 24.3 Å². The maximum absolute atomic E-state index is 11.8.